The Morgan fingerprint density at radius 2 is 1.88 bits per heavy atom. The van der Waals surface area contributed by atoms with Crippen molar-refractivity contribution < 1.29 is 13.2 Å². The lowest BCUT2D eigenvalue weighted by atomic mass is 9.81. The largest absolute Gasteiger partial charge is 0.309 e. The maximum atomic E-state index is 13.3. The van der Waals surface area contributed by atoms with Crippen molar-refractivity contribution in [3.8, 4) is 0 Å². The second-order valence-corrected chi connectivity index (χ2v) is 11.1. The lowest BCUT2D eigenvalue weighted by Gasteiger charge is -2.32. The van der Waals surface area contributed by atoms with Crippen LogP contribution in [0.1, 0.15) is 38.2 Å². The highest BCUT2D eigenvalue weighted by Crippen LogP contribution is 2.37. The summed E-state index contributed by atoms with van der Waals surface area (Å²) in [6.07, 6.45) is 4.17. The van der Waals surface area contributed by atoms with Crippen molar-refractivity contribution in [2.24, 2.45) is 11.8 Å². The van der Waals surface area contributed by atoms with Crippen LogP contribution in [0.25, 0.3) is 11.0 Å². The van der Waals surface area contributed by atoms with Gasteiger partial charge in [-0.05, 0) is 68.7 Å². The number of carbonyl (C=O) groups excluding carboxylic acids is 1. The molecule has 0 bridgehead atoms. The SMILES string of the molecule is CC1Cc2ccccc2N1C(=O)C1CCC(CNS(=O)(=O)c2cccc3nsnc23)CC1. The summed E-state index contributed by atoms with van der Waals surface area (Å²) in [6.45, 7) is 2.48. The van der Waals surface area contributed by atoms with E-state index >= 15 is 0 Å². The van der Waals surface area contributed by atoms with Gasteiger partial charge in [-0.3, -0.25) is 4.79 Å². The van der Waals surface area contributed by atoms with Crippen LogP contribution in [0.2, 0.25) is 0 Å². The summed E-state index contributed by atoms with van der Waals surface area (Å²) in [4.78, 5) is 15.4. The van der Waals surface area contributed by atoms with Gasteiger partial charge in [-0.1, -0.05) is 24.3 Å². The van der Waals surface area contributed by atoms with Crippen molar-refractivity contribution in [3.05, 3.63) is 48.0 Å². The molecule has 168 valence electrons. The quantitative estimate of drug-likeness (QED) is 0.613. The summed E-state index contributed by atoms with van der Waals surface area (Å²) in [7, 11) is -3.66. The van der Waals surface area contributed by atoms with Crippen LogP contribution in [-0.2, 0) is 21.2 Å². The zero-order chi connectivity index (χ0) is 22.3. The minimum atomic E-state index is -3.66. The van der Waals surface area contributed by atoms with Gasteiger partial charge in [-0.15, -0.1) is 0 Å². The first kappa shape index (κ1) is 21.5. The van der Waals surface area contributed by atoms with Gasteiger partial charge in [-0.25, -0.2) is 13.1 Å². The molecule has 2 heterocycles. The fourth-order valence-electron chi connectivity index (χ4n) is 5.02. The maximum Gasteiger partial charge on any atom is 0.242 e. The van der Waals surface area contributed by atoms with Gasteiger partial charge in [0.2, 0.25) is 15.9 Å². The zero-order valence-electron chi connectivity index (χ0n) is 17.9. The summed E-state index contributed by atoms with van der Waals surface area (Å²) >= 11 is 1.01. The summed E-state index contributed by atoms with van der Waals surface area (Å²) in [5, 5.41) is 0. The minimum absolute atomic E-state index is 0.00583. The second-order valence-electron chi connectivity index (χ2n) is 8.85. The van der Waals surface area contributed by atoms with Crippen LogP contribution in [-0.4, -0.2) is 35.7 Å². The first-order chi connectivity index (χ1) is 15.4. The number of para-hydroxylation sites is 1. The number of sulfonamides is 1. The van der Waals surface area contributed by atoms with Gasteiger partial charge in [0.25, 0.3) is 0 Å². The van der Waals surface area contributed by atoms with Crippen molar-refractivity contribution in [2.45, 2.75) is 50.0 Å². The number of aromatic nitrogens is 2. The van der Waals surface area contributed by atoms with Crippen LogP contribution < -0.4 is 9.62 Å². The standard InChI is InChI=1S/C23H26N4O3S2/c1-15-13-18-5-2-3-7-20(18)27(15)23(28)17-11-9-16(10-12-17)14-24-32(29,30)21-8-4-6-19-22(21)26-31-25-19/h2-8,15-17,24H,9-14H2,1H3. The van der Waals surface area contributed by atoms with Gasteiger partial charge in [-0.2, -0.15) is 8.75 Å². The second kappa shape index (κ2) is 8.53. The Bertz CT molecular complexity index is 1250. The third-order valence-corrected chi connectivity index (χ3v) is 8.74. The molecule has 7 nitrogen and oxygen atoms in total. The van der Waals surface area contributed by atoms with Gasteiger partial charge in [0, 0.05) is 24.2 Å². The Labute approximate surface area is 192 Å². The molecule has 1 amide bonds. The van der Waals surface area contributed by atoms with Crippen LogP contribution in [0.4, 0.5) is 5.69 Å². The molecule has 0 spiro atoms. The van der Waals surface area contributed by atoms with Crippen molar-refractivity contribution >= 4 is 44.4 Å². The fourth-order valence-corrected chi connectivity index (χ4v) is 6.90. The van der Waals surface area contributed by atoms with Crippen molar-refractivity contribution in [1.29, 1.82) is 0 Å². The summed E-state index contributed by atoms with van der Waals surface area (Å²) < 4.78 is 36.7. The van der Waals surface area contributed by atoms with E-state index < -0.39 is 10.0 Å². The number of carbonyl (C=O) groups is 1. The number of nitrogens with zero attached hydrogens (tertiary/aromatic N) is 3. The van der Waals surface area contributed by atoms with Crippen molar-refractivity contribution in [3.63, 3.8) is 0 Å². The zero-order valence-corrected chi connectivity index (χ0v) is 19.5. The molecule has 0 radical (unpaired) electrons. The molecule has 1 aliphatic heterocycles. The number of fused-ring (bicyclic) bond motifs is 2. The molecule has 1 unspecified atom stereocenters. The Hall–Kier alpha value is -2.36. The van der Waals surface area contributed by atoms with E-state index in [4.69, 9.17) is 0 Å². The molecule has 2 aliphatic rings. The third kappa shape index (κ3) is 3.93. The molecule has 1 N–H and O–H groups in total. The third-order valence-electron chi connectivity index (χ3n) is 6.74. The molecule has 3 aromatic rings. The summed E-state index contributed by atoms with van der Waals surface area (Å²) in [5.74, 6) is 0.445. The predicted octanol–water partition coefficient (Wildman–Crippen LogP) is 3.75. The molecule has 1 aliphatic carbocycles. The monoisotopic (exact) mass is 470 g/mol. The molecule has 1 atom stereocenters. The van der Waals surface area contributed by atoms with E-state index in [1.54, 1.807) is 18.2 Å². The predicted molar refractivity (Wildman–Crippen MR) is 125 cm³/mol. The molecule has 2 aromatic carbocycles. The van der Waals surface area contributed by atoms with E-state index in [0.29, 0.717) is 17.6 Å². The summed E-state index contributed by atoms with van der Waals surface area (Å²) in [5.41, 5.74) is 3.29. The number of amides is 1. The van der Waals surface area contributed by atoms with E-state index in [0.717, 1.165) is 49.5 Å². The van der Waals surface area contributed by atoms with E-state index in [-0.39, 0.29) is 28.7 Å². The van der Waals surface area contributed by atoms with Crippen LogP contribution >= 0.6 is 11.7 Å². The normalized spacial score (nSPS) is 23.4. The Morgan fingerprint density at radius 3 is 2.69 bits per heavy atom. The van der Waals surface area contributed by atoms with Crippen LogP contribution in [0.15, 0.2) is 47.4 Å². The smallest absolute Gasteiger partial charge is 0.242 e. The molecule has 1 saturated carbocycles. The van der Waals surface area contributed by atoms with Crippen LogP contribution in [0, 0.1) is 11.8 Å². The van der Waals surface area contributed by atoms with E-state index in [2.05, 4.69) is 26.5 Å². The minimum Gasteiger partial charge on any atom is -0.309 e. The van der Waals surface area contributed by atoms with Crippen molar-refractivity contribution in [2.75, 3.05) is 11.4 Å². The fraction of sp³-hybridized carbons (Fsp3) is 0.435. The van der Waals surface area contributed by atoms with E-state index in [1.165, 1.54) is 5.56 Å². The first-order valence-electron chi connectivity index (χ1n) is 11.1. The highest BCUT2D eigenvalue weighted by molar-refractivity contribution is 7.89. The average Bonchev–Trinajstić information content (AvgIpc) is 3.41. The maximum absolute atomic E-state index is 13.3. The van der Waals surface area contributed by atoms with Gasteiger partial charge in [0.05, 0.1) is 11.7 Å². The Morgan fingerprint density at radius 1 is 1.09 bits per heavy atom. The van der Waals surface area contributed by atoms with Crippen LogP contribution in [0.5, 0.6) is 0 Å². The molecule has 1 aromatic heterocycles. The Balaban J connectivity index is 1.19. The molecular weight excluding hydrogens is 444 g/mol. The number of hydrogen-bond donors (Lipinski definition) is 1. The van der Waals surface area contributed by atoms with Gasteiger partial charge in [0.15, 0.2) is 0 Å². The molecule has 32 heavy (non-hydrogen) atoms. The average molecular weight is 471 g/mol. The molecule has 5 rings (SSSR count). The molecule has 1 fully saturated rings. The number of hydrogen-bond acceptors (Lipinski definition) is 6. The highest BCUT2D eigenvalue weighted by atomic mass is 32.2. The first-order valence-corrected chi connectivity index (χ1v) is 13.3. The lowest BCUT2D eigenvalue weighted by molar-refractivity contribution is -0.123. The van der Waals surface area contributed by atoms with Crippen LogP contribution in [0.3, 0.4) is 0 Å². The van der Waals surface area contributed by atoms with Gasteiger partial charge >= 0.3 is 0 Å². The van der Waals surface area contributed by atoms with Gasteiger partial charge in [0.1, 0.15) is 15.9 Å². The Kier molecular flexibility index (Phi) is 5.73. The number of benzene rings is 2. The number of nitrogens with one attached hydrogen (secondary N) is 1. The van der Waals surface area contributed by atoms with Crippen molar-refractivity contribution in [1.82, 2.24) is 13.5 Å². The van der Waals surface area contributed by atoms with Gasteiger partial charge < -0.3 is 4.90 Å². The number of rotatable bonds is 5. The lowest BCUT2D eigenvalue weighted by Crippen LogP contribution is -2.42. The molecule has 0 saturated heterocycles. The summed E-state index contributed by atoms with van der Waals surface area (Å²) in [6, 6.07) is 13.4. The highest BCUT2D eigenvalue weighted by Gasteiger charge is 2.36. The molecular formula is C23H26N4O3S2. The number of anilines is 1. The van der Waals surface area contributed by atoms with E-state index in [9.17, 15) is 13.2 Å². The van der Waals surface area contributed by atoms with E-state index in [1.807, 2.05) is 23.1 Å². The molecule has 9 heteroatoms. The topological polar surface area (TPSA) is 92.3 Å².